The zero-order chi connectivity index (χ0) is 24.3. The van der Waals surface area contributed by atoms with Crippen molar-refractivity contribution in [3.05, 3.63) is 23.8 Å². The molecule has 33 heavy (non-hydrogen) atoms. The molecular formula is C24H34N2O6S. The molecule has 2 aliphatic rings. The summed E-state index contributed by atoms with van der Waals surface area (Å²) in [6, 6.07) is 3.96. The van der Waals surface area contributed by atoms with E-state index in [-0.39, 0.29) is 41.5 Å². The van der Waals surface area contributed by atoms with Crippen molar-refractivity contribution in [3.63, 3.8) is 0 Å². The van der Waals surface area contributed by atoms with E-state index in [0.29, 0.717) is 12.1 Å². The molecule has 182 valence electrons. The van der Waals surface area contributed by atoms with Crippen molar-refractivity contribution < 1.29 is 28.2 Å². The molecule has 3 rings (SSSR count). The van der Waals surface area contributed by atoms with Gasteiger partial charge in [0.25, 0.3) is 0 Å². The minimum Gasteiger partial charge on any atom is -0.487 e. The number of rotatable bonds is 5. The Kier molecular flexibility index (Phi) is 8.06. The van der Waals surface area contributed by atoms with Crippen molar-refractivity contribution in [2.75, 3.05) is 26.7 Å². The molecule has 0 aromatic heterocycles. The standard InChI is InChI=1S/C24H34N2O6S/c1-16-13-26(17(2)15-27)33(30,31)23-11-10-19(9-8-18(3)28)12-21(23)32-22(16)14-25(4)24(29)20-6-5-7-20/h10-12,16-18,20,22,27-28H,5-7,13-15H2,1-4H3/t16-,17+,18+,22+/m0/s1. The summed E-state index contributed by atoms with van der Waals surface area (Å²) >= 11 is 0. The largest absolute Gasteiger partial charge is 0.487 e. The van der Waals surface area contributed by atoms with Crippen molar-refractivity contribution in [3.8, 4) is 17.6 Å². The highest BCUT2D eigenvalue weighted by Crippen LogP contribution is 2.34. The first-order chi connectivity index (χ1) is 15.5. The molecule has 1 saturated carbocycles. The summed E-state index contributed by atoms with van der Waals surface area (Å²) in [6.45, 7) is 5.26. The number of amides is 1. The molecule has 1 aliphatic carbocycles. The Morgan fingerprint density at radius 1 is 1.33 bits per heavy atom. The maximum Gasteiger partial charge on any atom is 0.247 e. The lowest BCUT2D eigenvalue weighted by Gasteiger charge is -2.38. The first-order valence-corrected chi connectivity index (χ1v) is 12.9. The first-order valence-electron chi connectivity index (χ1n) is 11.4. The van der Waals surface area contributed by atoms with E-state index in [1.165, 1.54) is 10.4 Å². The number of ether oxygens (including phenoxy) is 1. The van der Waals surface area contributed by atoms with Crippen LogP contribution in [0.5, 0.6) is 5.75 Å². The summed E-state index contributed by atoms with van der Waals surface area (Å²) in [6.07, 6.45) is 1.59. The van der Waals surface area contributed by atoms with Crippen LogP contribution in [-0.4, -0.2) is 78.7 Å². The molecule has 0 spiro atoms. The Labute approximate surface area is 196 Å². The Morgan fingerprint density at radius 3 is 2.61 bits per heavy atom. The van der Waals surface area contributed by atoms with Gasteiger partial charge in [-0.05, 0) is 44.9 Å². The van der Waals surface area contributed by atoms with Crippen molar-refractivity contribution in [2.24, 2.45) is 11.8 Å². The molecule has 1 amide bonds. The van der Waals surface area contributed by atoms with Crippen LogP contribution in [0.3, 0.4) is 0 Å². The summed E-state index contributed by atoms with van der Waals surface area (Å²) in [4.78, 5) is 14.4. The number of likely N-dealkylation sites (N-methyl/N-ethyl adjacent to an activating group) is 1. The molecule has 1 heterocycles. The number of sulfonamides is 1. The number of aliphatic hydroxyl groups excluding tert-OH is 2. The number of carbonyl (C=O) groups is 1. The van der Waals surface area contributed by atoms with E-state index in [0.717, 1.165) is 19.3 Å². The summed E-state index contributed by atoms with van der Waals surface area (Å²) in [5, 5.41) is 19.2. The number of benzene rings is 1. The smallest absolute Gasteiger partial charge is 0.247 e. The number of hydrogen-bond donors (Lipinski definition) is 2. The molecule has 0 saturated heterocycles. The Morgan fingerprint density at radius 2 is 2.03 bits per heavy atom. The van der Waals surface area contributed by atoms with Crippen molar-refractivity contribution in [2.45, 2.75) is 63.2 Å². The fourth-order valence-electron chi connectivity index (χ4n) is 4.04. The van der Waals surface area contributed by atoms with E-state index in [4.69, 9.17) is 4.74 Å². The highest BCUT2D eigenvalue weighted by Gasteiger charge is 2.39. The second-order valence-corrected chi connectivity index (χ2v) is 11.1. The molecule has 1 aliphatic heterocycles. The fraction of sp³-hybridized carbons (Fsp3) is 0.625. The van der Waals surface area contributed by atoms with Crippen LogP contribution < -0.4 is 4.74 Å². The lowest BCUT2D eigenvalue weighted by atomic mass is 9.84. The van der Waals surface area contributed by atoms with Crippen LogP contribution in [0.1, 0.15) is 45.6 Å². The average molecular weight is 479 g/mol. The van der Waals surface area contributed by atoms with Gasteiger partial charge in [0.15, 0.2) is 0 Å². The van der Waals surface area contributed by atoms with Crippen LogP contribution in [0, 0.1) is 23.7 Å². The van der Waals surface area contributed by atoms with Crippen molar-refractivity contribution in [1.82, 2.24) is 9.21 Å². The fourth-order valence-corrected chi connectivity index (χ4v) is 5.86. The van der Waals surface area contributed by atoms with E-state index >= 15 is 0 Å². The average Bonchev–Trinajstić information content (AvgIpc) is 2.72. The SMILES string of the molecule is C[C@H](CO)N1C[C@H](C)[C@@H](CN(C)C(=O)C2CCC2)Oc2cc(C#C[C@@H](C)O)ccc2S1(=O)=O. The highest BCUT2D eigenvalue weighted by atomic mass is 32.2. The van der Waals surface area contributed by atoms with Gasteiger partial charge in [-0.2, -0.15) is 4.31 Å². The van der Waals surface area contributed by atoms with Crippen LogP contribution in [0.15, 0.2) is 23.1 Å². The summed E-state index contributed by atoms with van der Waals surface area (Å²) in [5.41, 5.74) is 0.512. The van der Waals surface area contributed by atoms with Crippen LogP contribution in [-0.2, 0) is 14.8 Å². The Hall–Kier alpha value is -2.12. The lowest BCUT2D eigenvalue weighted by Crippen LogP contribution is -2.50. The van der Waals surface area contributed by atoms with Gasteiger partial charge in [0.2, 0.25) is 15.9 Å². The first kappa shape index (κ1) is 25.5. The van der Waals surface area contributed by atoms with E-state index in [9.17, 15) is 23.4 Å². The Balaban J connectivity index is 2.01. The van der Waals surface area contributed by atoms with Gasteiger partial charge in [-0.15, -0.1) is 0 Å². The van der Waals surface area contributed by atoms with Crippen LogP contribution in [0.2, 0.25) is 0 Å². The number of fused-ring (bicyclic) bond motifs is 1. The third-order valence-corrected chi connectivity index (χ3v) is 8.40. The highest BCUT2D eigenvalue weighted by molar-refractivity contribution is 7.89. The van der Waals surface area contributed by atoms with E-state index in [1.54, 1.807) is 37.9 Å². The second kappa shape index (κ2) is 10.4. The molecule has 1 aromatic rings. The quantitative estimate of drug-likeness (QED) is 0.621. The van der Waals surface area contributed by atoms with Gasteiger partial charge in [-0.1, -0.05) is 25.2 Å². The maximum atomic E-state index is 13.5. The topological polar surface area (TPSA) is 107 Å². The van der Waals surface area contributed by atoms with Gasteiger partial charge in [0.1, 0.15) is 22.9 Å². The van der Waals surface area contributed by atoms with Crippen LogP contribution in [0.25, 0.3) is 0 Å². The molecule has 1 fully saturated rings. The summed E-state index contributed by atoms with van der Waals surface area (Å²) in [7, 11) is -2.19. The molecular weight excluding hydrogens is 444 g/mol. The van der Waals surface area contributed by atoms with Gasteiger partial charge < -0.3 is 19.8 Å². The van der Waals surface area contributed by atoms with Gasteiger partial charge in [-0.25, -0.2) is 8.42 Å². The minimum atomic E-state index is -3.94. The monoisotopic (exact) mass is 478 g/mol. The second-order valence-electron chi connectivity index (χ2n) is 9.19. The third-order valence-electron chi connectivity index (χ3n) is 6.38. The van der Waals surface area contributed by atoms with Crippen molar-refractivity contribution >= 4 is 15.9 Å². The maximum absolute atomic E-state index is 13.5. The molecule has 1 aromatic carbocycles. The van der Waals surface area contributed by atoms with E-state index in [2.05, 4.69) is 11.8 Å². The Bertz CT molecular complexity index is 1030. The number of hydrogen-bond acceptors (Lipinski definition) is 6. The number of aliphatic hydroxyl groups is 2. The summed E-state index contributed by atoms with van der Waals surface area (Å²) < 4.78 is 34.5. The molecule has 9 heteroatoms. The third kappa shape index (κ3) is 5.69. The predicted molar refractivity (Wildman–Crippen MR) is 124 cm³/mol. The summed E-state index contributed by atoms with van der Waals surface area (Å²) in [5.74, 6) is 5.53. The normalized spacial score (nSPS) is 24.5. The van der Waals surface area contributed by atoms with Gasteiger partial charge in [0, 0.05) is 37.0 Å². The molecule has 0 bridgehead atoms. The van der Waals surface area contributed by atoms with Crippen LogP contribution in [0.4, 0.5) is 0 Å². The lowest BCUT2D eigenvalue weighted by molar-refractivity contribution is -0.138. The zero-order valence-corrected chi connectivity index (χ0v) is 20.5. The van der Waals surface area contributed by atoms with Crippen molar-refractivity contribution in [1.29, 1.82) is 0 Å². The number of nitrogens with zero attached hydrogens (tertiary/aromatic N) is 2. The van der Waals surface area contributed by atoms with Gasteiger partial charge in [0.05, 0.1) is 13.2 Å². The zero-order valence-electron chi connectivity index (χ0n) is 19.7. The molecule has 2 N–H and O–H groups in total. The van der Waals surface area contributed by atoms with Crippen LogP contribution >= 0.6 is 0 Å². The van der Waals surface area contributed by atoms with E-state index in [1.807, 2.05) is 6.92 Å². The predicted octanol–water partition coefficient (Wildman–Crippen LogP) is 1.45. The molecule has 4 atom stereocenters. The van der Waals surface area contributed by atoms with Gasteiger partial charge in [-0.3, -0.25) is 4.79 Å². The van der Waals surface area contributed by atoms with E-state index < -0.39 is 28.3 Å². The minimum absolute atomic E-state index is 0.00438. The molecule has 0 unspecified atom stereocenters. The molecule has 8 nitrogen and oxygen atoms in total. The number of carbonyl (C=O) groups excluding carboxylic acids is 1. The molecule has 0 radical (unpaired) electrons. The van der Waals surface area contributed by atoms with Gasteiger partial charge >= 0.3 is 0 Å².